The van der Waals surface area contributed by atoms with Gasteiger partial charge in [-0.25, -0.2) is 0 Å². The molecule has 1 aromatic rings. The molecule has 1 saturated carbocycles. The number of rotatable bonds is 6. The predicted molar refractivity (Wildman–Crippen MR) is 94.7 cm³/mol. The number of nitrogens with zero attached hydrogens (tertiary/aromatic N) is 1. The van der Waals surface area contributed by atoms with Gasteiger partial charge in [-0.3, -0.25) is 9.59 Å². The Bertz CT molecular complexity index is 592. The lowest BCUT2D eigenvalue weighted by Crippen LogP contribution is -2.43. The fourth-order valence-corrected chi connectivity index (χ4v) is 2.85. The number of nitrogens with one attached hydrogen (secondary N) is 1. The van der Waals surface area contributed by atoms with Crippen LogP contribution in [0, 0.1) is 0 Å². The molecule has 0 bridgehead atoms. The molecule has 130 valence electrons. The van der Waals surface area contributed by atoms with Gasteiger partial charge in [0.2, 0.25) is 11.8 Å². The molecule has 24 heavy (non-hydrogen) atoms. The van der Waals surface area contributed by atoms with Gasteiger partial charge in [-0.15, -0.1) is 0 Å². The topological polar surface area (TPSA) is 58.6 Å². The van der Waals surface area contributed by atoms with Crippen LogP contribution in [0.25, 0.3) is 6.08 Å². The summed E-state index contributed by atoms with van der Waals surface area (Å²) < 4.78 is 5.15. The molecule has 2 amide bonds. The van der Waals surface area contributed by atoms with Crippen LogP contribution in [0.3, 0.4) is 0 Å². The van der Waals surface area contributed by atoms with E-state index in [0.29, 0.717) is 0 Å². The lowest BCUT2D eigenvalue weighted by atomic mass is 9.95. The van der Waals surface area contributed by atoms with Crippen molar-refractivity contribution in [2.75, 3.05) is 20.7 Å². The maximum absolute atomic E-state index is 12.1. The fraction of sp³-hybridized carbons (Fsp3) is 0.474. The maximum atomic E-state index is 12.1. The Labute approximate surface area is 143 Å². The van der Waals surface area contributed by atoms with Crippen molar-refractivity contribution in [3.05, 3.63) is 35.9 Å². The number of likely N-dealkylation sites (N-methyl/N-ethyl adjacent to an activating group) is 1. The molecular weight excluding hydrogens is 304 g/mol. The third-order valence-electron chi connectivity index (χ3n) is 4.24. The Morgan fingerprint density at radius 1 is 1.29 bits per heavy atom. The summed E-state index contributed by atoms with van der Waals surface area (Å²) in [6.45, 7) is 0.0811. The molecule has 0 spiro atoms. The van der Waals surface area contributed by atoms with Gasteiger partial charge >= 0.3 is 0 Å². The first-order chi connectivity index (χ1) is 11.6. The monoisotopic (exact) mass is 330 g/mol. The number of carbonyl (C=O) groups excluding carboxylic acids is 2. The summed E-state index contributed by atoms with van der Waals surface area (Å²) in [4.78, 5) is 25.6. The number of amides is 2. The van der Waals surface area contributed by atoms with Gasteiger partial charge in [0.1, 0.15) is 5.75 Å². The van der Waals surface area contributed by atoms with E-state index in [9.17, 15) is 9.59 Å². The zero-order valence-electron chi connectivity index (χ0n) is 14.5. The Kier molecular flexibility index (Phi) is 6.85. The highest BCUT2D eigenvalue weighted by Crippen LogP contribution is 2.17. The van der Waals surface area contributed by atoms with Crippen LogP contribution >= 0.6 is 0 Å². The summed E-state index contributed by atoms with van der Waals surface area (Å²) in [5, 5.41) is 3.02. The lowest BCUT2D eigenvalue weighted by Gasteiger charge is -2.24. The van der Waals surface area contributed by atoms with Crippen molar-refractivity contribution in [3.8, 4) is 5.75 Å². The van der Waals surface area contributed by atoms with Crippen molar-refractivity contribution in [2.45, 2.75) is 38.1 Å². The maximum Gasteiger partial charge on any atom is 0.246 e. The molecule has 0 aliphatic heterocycles. The zero-order valence-corrected chi connectivity index (χ0v) is 14.5. The molecule has 1 N–H and O–H groups in total. The van der Waals surface area contributed by atoms with Crippen molar-refractivity contribution in [1.82, 2.24) is 10.2 Å². The van der Waals surface area contributed by atoms with Crippen molar-refractivity contribution >= 4 is 17.9 Å². The van der Waals surface area contributed by atoms with Crippen molar-refractivity contribution in [3.63, 3.8) is 0 Å². The first-order valence-corrected chi connectivity index (χ1v) is 8.45. The third-order valence-corrected chi connectivity index (χ3v) is 4.24. The van der Waals surface area contributed by atoms with Gasteiger partial charge in [-0.2, -0.15) is 0 Å². The van der Waals surface area contributed by atoms with Crippen LogP contribution in [0.2, 0.25) is 0 Å². The summed E-state index contributed by atoms with van der Waals surface area (Å²) in [5.74, 6) is 0.453. The SMILES string of the molecule is COc1cccc(/C=C/C(=O)N(C)CC(=O)NC2CCCCC2)c1. The smallest absolute Gasteiger partial charge is 0.246 e. The van der Waals surface area contributed by atoms with Crippen molar-refractivity contribution < 1.29 is 14.3 Å². The van der Waals surface area contributed by atoms with Crippen LogP contribution in [0.15, 0.2) is 30.3 Å². The van der Waals surface area contributed by atoms with E-state index in [-0.39, 0.29) is 24.4 Å². The molecule has 1 aliphatic carbocycles. The molecule has 2 rings (SSSR count). The second-order valence-electron chi connectivity index (χ2n) is 6.21. The van der Waals surface area contributed by atoms with Gasteiger partial charge in [0.25, 0.3) is 0 Å². The molecule has 1 aliphatic rings. The Balaban J connectivity index is 1.82. The predicted octanol–water partition coefficient (Wildman–Crippen LogP) is 2.62. The van der Waals surface area contributed by atoms with E-state index in [0.717, 1.165) is 24.2 Å². The molecule has 0 atom stereocenters. The summed E-state index contributed by atoms with van der Waals surface area (Å²) in [6, 6.07) is 7.72. The molecule has 5 heteroatoms. The number of hydrogen-bond acceptors (Lipinski definition) is 3. The second-order valence-corrected chi connectivity index (χ2v) is 6.21. The quantitative estimate of drug-likeness (QED) is 0.816. The van der Waals surface area contributed by atoms with Crippen LogP contribution in [0.4, 0.5) is 0 Å². The van der Waals surface area contributed by atoms with Crippen LogP contribution in [-0.2, 0) is 9.59 Å². The summed E-state index contributed by atoms with van der Waals surface area (Å²) >= 11 is 0. The van der Waals surface area contributed by atoms with E-state index in [2.05, 4.69) is 5.32 Å². The van der Waals surface area contributed by atoms with E-state index in [1.807, 2.05) is 24.3 Å². The van der Waals surface area contributed by atoms with Crippen LogP contribution in [0.5, 0.6) is 5.75 Å². The summed E-state index contributed by atoms with van der Waals surface area (Å²) in [7, 11) is 3.24. The number of ether oxygens (including phenoxy) is 1. The highest BCUT2D eigenvalue weighted by atomic mass is 16.5. The van der Waals surface area contributed by atoms with Crippen LogP contribution in [0.1, 0.15) is 37.7 Å². The second kappa shape index (κ2) is 9.11. The molecule has 1 fully saturated rings. The van der Waals surface area contributed by atoms with E-state index in [1.54, 1.807) is 20.2 Å². The van der Waals surface area contributed by atoms with Gasteiger partial charge in [0.15, 0.2) is 0 Å². The minimum atomic E-state index is -0.198. The molecule has 0 radical (unpaired) electrons. The molecular formula is C19H26N2O3. The number of hydrogen-bond donors (Lipinski definition) is 1. The molecule has 0 saturated heterocycles. The Hall–Kier alpha value is -2.30. The number of methoxy groups -OCH3 is 1. The van der Waals surface area contributed by atoms with E-state index < -0.39 is 0 Å². The fourth-order valence-electron chi connectivity index (χ4n) is 2.85. The van der Waals surface area contributed by atoms with Gasteiger partial charge in [0, 0.05) is 19.2 Å². The normalized spacial score (nSPS) is 15.2. The van der Waals surface area contributed by atoms with E-state index in [1.165, 1.54) is 30.2 Å². The number of benzene rings is 1. The average molecular weight is 330 g/mol. The van der Waals surface area contributed by atoms with E-state index >= 15 is 0 Å². The van der Waals surface area contributed by atoms with Gasteiger partial charge < -0.3 is 15.0 Å². The first kappa shape index (κ1) is 18.0. The van der Waals surface area contributed by atoms with Gasteiger partial charge in [-0.1, -0.05) is 31.4 Å². The molecule has 5 nitrogen and oxygen atoms in total. The largest absolute Gasteiger partial charge is 0.497 e. The molecule has 0 aromatic heterocycles. The van der Waals surface area contributed by atoms with Gasteiger partial charge in [0.05, 0.1) is 13.7 Å². The lowest BCUT2D eigenvalue weighted by molar-refractivity contribution is -0.131. The summed E-state index contributed by atoms with van der Waals surface area (Å²) in [5.41, 5.74) is 0.878. The third kappa shape index (κ3) is 5.72. The highest BCUT2D eigenvalue weighted by Gasteiger charge is 2.17. The average Bonchev–Trinajstić information content (AvgIpc) is 2.60. The van der Waals surface area contributed by atoms with E-state index in [4.69, 9.17) is 4.74 Å². The van der Waals surface area contributed by atoms with Crippen LogP contribution < -0.4 is 10.1 Å². The van der Waals surface area contributed by atoms with Crippen LogP contribution in [-0.4, -0.2) is 43.5 Å². The standard InChI is InChI=1S/C19H26N2O3/c1-21(14-18(22)20-16-8-4-3-5-9-16)19(23)12-11-15-7-6-10-17(13-15)24-2/h6-7,10-13,16H,3-5,8-9,14H2,1-2H3,(H,20,22)/b12-11+. The first-order valence-electron chi connectivity index (χ1n) is 8.45. The highest BCUT2D eigenvalue weighted by molar-refractivity contribution is 5.94. The molecule has 1 aromatic carbocycles. The molecule has 0 heterocycles. The number of carbonyl (C=O) groups is 2. The Morgan fingerprint density at radius 3 is 2.75 bits per heavy atom. The minimum Gasteiger partial charge on any atom is -0.497 e. The zero-order chi connectivity index (χ0) is 17.4. The molecule has 0 unspecified atom stereocenters. The van der Waals surface area contributed by atoms with Crippen molar-refractivity contribution in [2.24, 2.45) is 0 Å². The minimum absolute atomic E-state index is 0.0811. The Morgan fingerprint density at radius 2 is 2.04 bits per heavy atom. The van der Waals surface area contributed by atoms with Crippen molar-refractivity contribution in [1.29, 1.82) is 0 Å². The van der Waals surface area contributed by atoms with Gasteiger partial charge in [-0.05, 0) is 36.6 Å². The summed E-state index contributed by atoms with van der Waals surface area (Å²) in [6.07, 6.45) is 8.87.